The molecule has 0 aliphatic heterocycles. The van der Waals surface area contributed by atoms with Crippen molar-refractivity contribution in [2.45, 2.75) is 24.8 Å². The van der Waals surface area contributed by atoms with Gasteiger partial charge in [0.2, 0.25) is 10.0 Å². The van der Waals surface area contributed by atoms with Crippen molar-refractivity contribution in [3.05, 3.63) is 84.4 Å². The molecular weight excluding hydrogens is 414 g/mol. The van der Waals surface area contributed by atoms with Crippen molar-refractivity contribution >= 4 is 16.0 Å². The van der Waals surface area contributed by atoms with E-state index >= 15 is 0 Å². The maximum absolute atomic E-state index is 12.3. The molecule has 3 aromatic carbocycles. The summed E-state index contributed by atoms with van der Waals surface area (Å²) in [4.78, 5) is 12.1. The third-order valence-corrected chi connectivity index (χ3v) is 6.00. The predicted molar refractivity (Wildman–Crippen MR) is 119 cm³/mol. The third kappa shape index (κ3) is 6.67. The van der Waals surface area contributed by atoms with Crippen molar-refractivity contribution in [1.82, 2.24) is 4.72 Å². The molecule has 0 aromatic heterocycles. The van der Waals surface area contributed by atoms with E-state index in [1.165, 1.54) is 12.1 Å². The molecule has 3 rings (SSSR count). The van der Waals surface area contributed by atoms with Crippen molar-refractivity contribution in [2.24, 2.45) is 0 Å². The largest absolute Gasteiger partial charge is 0.494 e. The highest BCUT2D eigenvalue weighted by Crippen LogP contribution is 2.19. The molecule has 6 nitrogen and oxygen atoms in total. The number of carbonyl (C=O) groups is 1. The number of rotatable bonds is 10. The summed E-state index contributed by atoms with van der Waals surface area (Å²) in [5, 5.41) is 0. The molecule has 0 fully saturated rings. The van der Waals surface area contributed by atoms with Gasteiger partial charge >= 0.3 is 5.97 Å². The summed E-state index contributed by atoms with van der Waals surface area (Å²) in [5.41, 5.74) is 3.06. The van der Waals surface area contributed by atoms with E-state index in [9.17, 15) is 13.2 Å². The van der Waals surface area contributed by atoms with Crippen LogP contribution >= 0.6 is 0 Å². The molecule has 0 saturated carbocycles. The van der Waals surface area contributed by atoms with Crippen LogP contribution in [0.5, 0.6) is 5.75 Å². The van der Waals surface area contributed by atoms with Gasteiger partial charge in [-0.1, -0.05) is 54.6 Å². The number of ether oxygens (including phenoxy) is 2. The van der Waals surface area contributed by atoms with Gasteiger partial charge in [0.1, 0.15) is 12.4 Å². The van der Waals surface area contributed by atoms with Crippen LogP contribution in [0, 0.1) is 0 Å². The minimum atomic E-state index is -3.70. The van der Waals surface area contributed by atoms with Gasteiger partial charge in [-0.15, -0.1) is 0 Å². The standard InChI is InChI=1S/C24H25NO5S/c1-2-29-22-12-14-23(15-13-22)31(27,28)25-17-16-24(26)30-18-19-8-10-21(11-9-19)20-6-4-3-5-7-20/h3-15,25H,2,16-18H2,1H3. The van der Waals surface area contributed by atoms with E-state index in [4.69, 9.17) is 9.47 Å². The molecule has 7 heteroatoms. The Kier molecular flexibility index (Phi) is 7.81. The van der Waals surface area contributed by atoms with Crippen molar-refractivity contribution < 1.29 is 22.7 Å². The Balaban J connectivity index is 1.43. The number of hydrogen-bond acceptors (Lipinski definition) is 5. The van der Waals surface area contributed by atoms with E-state index in [1.54, 1.807) is 12.1 Å². The van der Waals surface area contributed by atoms with Crippen LogP contribution in [0.25, 0.3) is 11.1 Å². The normalized spacial score (nSPS) is 11.1. The molecule has 0 bridgehead atoms. The molecule has 31 heavy (non-hydrogen) atoms. The molecule has 0 atom stereocenters. The average Bonchev–Trinajstić information content (AvgIpc) is 2.79. The first-order valence-electron chi connectivity index (χ1n) is 10.0. The Labute approximate surface area is 182 Å². The number of nitrogens with one attached hydrogen (secondary N) is 1. The quantitative estimate of drug-likeness (QED) is 0.480. The van der Waals surface area contributed by atoms with E-state index in [2.05, 4.69) is 4.72 Å². The van der Waals surface area contributed by atoms with E-state index < -0.39 is 16.0 Å². The number of benzene rings is 3. The van der Waals surface area contributed by atoms with Crippen molar-refractivity contribution in [1.29, 1.82) is 0 Å². The van der Waals surface area contributed by atoms with Gasteiger partial charge in [-0.3, -0.25) is 4.79 Å². The number of hydrogen-bond donors (Lipinski definition) is 1. The Morgan fingerprint density at radius 1 is 0.871 bits per heavy atom. The van der Waals surface area contributed by atoms with E-state index in [0.29, 0.717) is 12.4 Å². The zero-order chi connectivity index (χ0) is 22.1. The molecule has 0 unspecified atom stereocenters. The SMILES string of the molecule is CCOc1ccc(S(=O)(=O)NCCC(=O)OCc2ccc(-c3ccccc3)cc2)cc1. The molecule has 0 saturated heterocycles. The summed E-state index contributed by atoms with van der Waals surface area (Å²) < 4.78 is 37.6. The molecule has 0 heterocycles. The Morgan fingerprint density at radius 2 is 1.52 bits per heavy atom. The van der Waals surface area contributed by atoms with Crippen molar-refractivity contribution in [2.75, 3.05) is 13.2 Å². The zero-order valence-corrected chi connectivity index (χ0v) is 18.1. The van der Waals surface area contributed by atoms with Gasteiger partial charge in [0.05, 0.1) is 17.9 Å². The van der Waals surface area contributed by atoms with Gasteiger partial charge in [0.15, 0.2) is 0 Å². The lowest BCUT2D eigenvalue weighted by Crippen LogP contribution is -2.26. The fourth-order valence-corrected chi connectivity index (χ4v) is 3.94. The van der Waals surface area contributed by atoms with Gasteiger partial charge < -0.3 is 9.47 Å². The maximum atomic E-state index is 12.3. The highest BCUT2D eigenvalue weighted by Gasteiger charge is 2.14. The number of sulfonamides is 1. The lowest BCUT2D eigenvalue weighted by Gasteiger charge is -2.09. The third-order valence-electron chi connectivity index (χ3n) is 4.53. The first kappa shape index (κ1) is 22.5. The van der Waals surface area contributed by atoms with Gasteiger partial charge in [-0.2, -0.15) is 0 Å². The topological polar surface area (TPSA) is 81.7 Å². The molecular formula is C24H25NO5S. The summed E-state index contributed by atoms with van der Waals surface area (Å²) in [6.45, 7) is 2.45. The second kappa shape index (κ2) is 10.7. The van der Waals surface area contributed by atoms with Crippen LogP contribution in [-0.2, 0) is 26.2 Å². The van der Waals surface area contributed by atoms with E-state index in [1.807, 2.05) is 61.5 Å². The highest BCUT2D eigenvalue weighted by atomic mass is 32.2. The van der Waals surface area contributed by atoms with Crippen LogP contribution in [-0.4, -0.2) is 27.5 Å². The lowest BCUT2D eigenvalue weighted by atomic mass is 10.0. The zero-order valence-electron chi connectivity index (χ0n) is 17.3. The minimum absolute atomic E-state index is 0.0404. The van der Waals surface area contributed by atoms with Crippen LogP contribution in [0.4, 0.5) is 0 Å². The molecule has 1 N–H and O–H groups in total. The molecule has 0 radical (unpaired) electrons. The van der Waals surface area contributed by atoms with Crippen LogP contribution in [0.15, 0.2) is 83.8 Å². The summed E-state index contributed by atoms with van der Waals surface area (Å²) in [5.74, 6) is 0.128. The van der Waals surface area contributed by atoms with Gasteiger partial charge in [-0.05, 0) is 47.9 Å². The van der Waals surface area contributed by atoms with Gasteiger partial charge in [0, 0.05) is 6.54 Å². The molecule has 0 aliphatic rings. The van der Waals surface area contributed by atoms with E-state index in [-0.39, 0.29) is 24.5 Å². The van der Waals surface area contributed by atoms with Crippen LogP contribution in [0.2, 0.25) is 0 Å². The summed E-state index contributed by atoms with van der Waals surface area (Å²) in [6.07, 6.45) is -0.0572. The summed E-state index contributed by atoms with van der Waals surface area (Å²) in [6, 6.07) is 23.9. The van der Waals surface area contributed by atoms with Crippen LogP contribution in [0.1, 0.15) is 18.9 Å². The fourth-order valence-electron chi connectivity index (χ4n) is 2.91. The smallest absolute Gasteiger partial charge is 0.307 e. The van der Waals surface area contributed by atoms with Crippen LogP contribution < -0.4 is 9.46 Å². The summed E-state index contributed by atoms with van der Waals surface area (Å²) in [7, 11) is -3.70. The van der Waals surface area contributed by atoms with Gasteiger partial charge in [0.25, 0.3) is 0 Å². The van der Waals surface area contributed by atoms with Crippen molar-refractivity contribution in [3.8, 4) is 16.9 Å². The Morgan fingerprint density at radius 3 is 2.16 bits per heavy atom. The average molecular weight is 440 g/mol. The molecule has 0 aliphatic carbocycles. The second-order valence-corrected chi connectivity index (χ2v) is 8.54. The first-order valence-corrected chi connectivity index (χ1v) is 11.5. The fraction of sp³-hybridized carbons (Fsp3) is 0.208. The maximum Gasteiger partial charge on any atom is 0.307 e. The number of esters is 1. The van der Waals surface area contributed by atoms with Crippen LogP contribution in [0.3, 0.4) is 0 Å². The van der Waals surface area contributed by atoms with Gasteiger partial charge in [-0.25, -0.2) is 13.1 Å². The first-order chi connectivity index (χ1) is 15.0. The minimum Gasteiger partial charge on any atom is -0.494 e. The molecule has 162 valence electrons. The molecule has 0 amide bonds. The Hall–Kier alpha value is -3.16. The van der Waals surface area contributed by atoms with E-state index in [0.717, 1.165) is 16.7 Å². The Bertz CT molecular complexity index is 1080. The van der Waals surface area contributed by atoms with Crippen molar-refractivity contribution in [3.63, 3.8) is 0 Å². The molecule has 0 spiro atoms. The monoisotopic (exact) mass is 439 g/mol. The predicted octanol–water partition coefficient (Wildman–Crippen LogP) is 4.16. The number of carbonyl (C=O) groups excluding carboxylic acids is 1. The lowest BCUT2D eigenvalue weighted by molar-refractivity contribution is -0.144. The second-order valence-electron chi connectivity index (χ2n) is 6.78. The summed E-state index contributed by atoms with van der Waals surface area (Å²) >= 11 is 0. The highest BCUT2D eigenvalue weighted by molar-refractivity contribution is 7.89. The molecule has 3 aromatic rings.